The molecule has 2 heterocycles. The first-order chi connectivity index (χ1) is 9.72. The number of aryl methyl sites for hydroxylation is 1. The van der Waals surface area contributed by atoms with Crippen LogP contribution in [-0.4, -0.2) is 29.5 Å². The molecule has 1 unspecified atom stereocenters. The smallest absolute Gasteiger partial charge is 0.283 e. The third kappa shape index (κ3) is 4.06. The highest BCUT2D eigenvalue weighted by atomic mass is 79.9. The topological polar surface area (TPSA) is 56.1 Å². The molecule has 0 spiro atoms. The molecule has 1 atom stereocenters. The summed E-state index contributed by atoms with van der Waals surface area (Å²) in [5.41, 5.74) is 0.705. The standard InChI is InChI=1S/C14H22BrN3O2/c1-2-3-6-18-14(19)13(15)12(9-17-18)16-8-11-5-4-7-20-10-11/h9,11,16H,2-8,10H2,1H3. The molecule has 1 aliphatic heterocycles. The van der Waals surface area contributed by atoms with Gasteiger partial charge in [0.25, 0.3) is 5.56 Å². The summed E-state index contributed by atoms with van der Waals surface area (Å²) in [5, 5.41) is 7.52. The highest BCUT2D eigenvalue weighted by Gasteiger charge is 2.15. The summed E-state index contributed by atoms with van der Waals surface area (Å²) in [6.07, 6.45) is 6.03. The van der Waals surface area contributed by atoms with Crippen molar-refractivity contribution in [1.29, 1.82) is 0 Å². The number of aromatic nitrogens is 2. The minimum Gasteiger partial charge on any atom is -0.382 e. The van der Waals surface area contributed by atoms with Crippen LogP contribution in [0.4, 0.5) is 5.69 Å². The van der Waals surface area contributed by atoms with Crippen LogP contribution in [0.2, 0.25) is 0 Å². The Morgan fingerprint density at radius 2 is 2.45 bits per heavy atom. The number of ether oxygens (including phenoxy) is 1. The number of anilines is 1. The quantitative estimate of drug-likeness (QED) is 0.862. The van der Waals surface area contributed by atoms with E-state index in [4.69, 9.17) is 4.74 Å². The summed E-state index contributed by atoms with van der Waals surface area (Å²) in [4.78, 5) is 12.1. The lowest BCUT2D eigenvalue weighted by Crippen LogP contribution is -2.27. The maximum absolute atomic E-state index is 12.1. The van der Waals surface area contributed by atoms with Gasteiger partial charge in [0.15, 0.2) is 0 Å². The van der Waals surface area contributed by atoms with E-state index in [0.29, 0.717) is 16.9 Å². The van der Waals surface area contributed by atoms with Gasteiger partial charge < -0.3 is 10.1 Å². The van der Waals surface area contributed by atoms with E-state index in [9.17, 15) is 4.79 Å². The average molecular weight is 344 g/mol. The Hall–Kier alpha value is -0.880. The van der Waals surface area contributed by atoms with Gasteiger partial charge >= 0.3 is 0 Å². The summed E-state index contributed by atoms with van der Waals surface area (Å²) in [6, 6.07) is 0. The molecule has 1 aromatic rings. The van der Waals surface area contributed by atoms with Crippen molar-refractivity contribution in [2.24, 2.45) is 5.92 Å². The molecular weight excluding hydrogens is 322 g/mol. The fraction of sp³-hybridized carbons (Fsp3) is 0.714. The zero-order valence-corrected chi connectivity index (χ0v) is 13.5. The molecule has 0 amide bonds. The van der Waals surface area contributed by atoms with Crippen molar-refractivity contribution >= 4 is 21.6 Å². The Labute approximate surface area is 127 Å². The second kappa shape index (κ2) is 7.78. The first-order valence-corrected chi connectivity index (χ1v) is 8.09. The van der Waals surface area contributed by atoms with Crippen LogP contribution in [0, 0.1) is 5.92 Å². The maximum Gasteiger partial charge on any atom is 0.283 e. The molecule has 6 heteroatoms. The lowest BCUT2D eigenvalue weighted by Gasteiger charge is -2.22. The van der Waals surface area contributed by atoms with Crippen LogP contribution in [0.1, 0.15) is 32.6 Å². The number of halogens is 1. The van der Waals surface area contributed by atoms with Gasteiger partial charge in [0, 0.05) is 19.7 Å². The van der Waals surface area contributed by atoms with Gasteiger partial charge in [-0.15, -0.1) is 0 Å². The number of hydrogen-bond acceptors (Lipinski definition) is 4. The first-order valence-electron chi connectivity index (χ1n) is 7.29. The predicted molar refractivity (Wildman–Crippen MR) is 83.1 cm³/mol. The SMILES string of the molecule is CCCCn1ncc(NCC2CCCOC2)c(Br)c1=O. The van der Waals surface area contributed by atoms with Gasteiger partial charge in [-0.05, 0) is 41.1 Å². The molecule has 0 aromatic carbocycles. The van der Waals surface area contributed by atoms with Crippen LogP contribution >= 0.6 is 15.9 Å². The van der Waals surface area contributed by atoms with Crippen molar-refractivity contribution in [3.8, 4) is 0 Å². The molecule has 1 aromatic heterocycles. The minimum absolute atomic E-state index is 0.0663. The van der Waals surface area contributed by atoms with Crippen molar-refractivity contribution in [2.75, 3.05) is 25.1 Å². The number of unbranched alkanes of at least 4 members (excludes halogenated alkanes) is 1. The molecule has 20 heavy (non-hydrogen) atoms. The molecule has 112 valence electrons. The number of nitrogens with zero attached hydrogens (tertiary/aromatic N) is 2. The zero-order chi connectivity index (χ0) is 14.4. The maximum atomic E-state index is 12.1. The van der Waals surface area contributed by atoms with E-state index in [2.05, 4.69) is 33.3 Å². The molecule has 0 saturated carbocycles. The van der Waals surface area contributed by atoms with Crippen molar-refractivity contribution in [1.82, 2.24) is 9.78 Å². The van der Waals surface area contributed by atoms with Gasteiger partial charge in [-0.3, -0.25) is 4.79 Å². The summed E-state index contributed by atoms with van der Waals surface area (Å²) in [5.74, 6) is 0.512. The normalized spacial score (nSPS) is 19.0. The Morgan fingerprint density at radius 3 is 3.15 bits per heavy atom. The zero-order valence-electron chi connectivity index (χ0n) is 11.9. The van der Waals surface area contributed by atoms with E-state index in [-0.39, 0.29) is 5.56 Å². The van der Waals surface area contributed by atoms with E-state index in [1.165, 1.54) is 11.1 Å². The monoisotopic (exact) mass is 343 g/mol. The van der Waals surface area contributed by atoms with Crippen LogP contribution in [0.3, 0.4) is 0 Å². The van der Waals surface area contributed by atoms with E-state index in [1.54, 1.807) is 6.20 Å². The first kappa shape index (κ1) is 15.5. The second-order valence-electron chi connectivity index (χ2n) is 5.22. The van der Waals surface area contributed by atoms with E-state index in [1.807, 2.05) is 0 Å². The molecule has 1 aliphatic rings. The van der Waals surface area contributed by atoms with Crippen molar-refractivity contribution in [3.05, 3.63) is 21.0 Å². The molecule has 0 radical (unpaired) electrons. The van der Waals surface area contributed by atoms with Gasteiger partial charge in [0.1, 0.15) is 4.47 Å². The fourth-order valence-corrected chi connectivity index (χ4v) is 2.73. The summed E-state index contributed by atoms with van der Waals surface area (Å²) in [7, 11) is 0. The molecule has 1 saturated heterocycles. The molecular formula is C14H22BrN3O2. The van der Waals surface area contributed by atoms with Gasteiger partial charge in [-0.25, -0.2) is 4.68 Å². The third-order valence-electron chi connectivity index (χ3n) is 3.54. The molecule has 2 rings (SSSR count). The molecule has 1 N–H and O–H groups in total. The third-order valence-corrected chi connectivity index (χ3v) is 4.31. The molecule has 5 nitrogen and oxygen atoms in total. The molecule has 0 bridgehead atoms. The highest BCUT2D eigenvalue weighted by molar-refractivity contribution is 9.10. The number of rotatable bonds is 6. The fourth-order valence-electron chi connectivity index (χ4n) is 2.28. The summed E-state index contributed by atoms with van der Waals surface area (Å²) in [6.45, 7) is 5.26. The van der Waals surface area contributed by atoms with Crippen LogP contribution in [0.5, 0.6) is 0 Å². The van der Waals surface area contributed by atoms with Crippen molar-refractivity contribution in [2.45, 2.75) is 39.2 Å². The number of nitrogens with one attached hydrogen (secondary N) is 1. The van der Waals surface area contributed by atoms with E-state index in [0.717, 1.165) is 44.7 Å². The Bertz CT molecular complexity index is 484. The van der Waals surface area contributed by atoms with Crippen LogP contribution < -0.4 is 10.9 Å². The largest absolute Gasteiger partial charge is 0.382 e. The second-order valence-corrected chi connectivity index (χ2v) is 6.01. The summed E-state index contributed by atoms with van der Waals surface area (Å²) < 4.78 is 7.54. The van der Waals surface area contributed by atoms with Crippen LogP contribution in [0.25, 0.3) is 0 Å². The van der Waals surface area contributed by atoms with Gasteiger partial charge in [0.2, 0.25) is 0 Å². The van der Waals surface area contributed by atoms with Crippen molar-refractivity contribution < 1.29 is 4.74 Å². The van der Waals surface area contributed by atoms with Gasteiger partial charge in [-0.1, -0.05) is 13.3 Å². The van der Waals surface area contributed by atoms with E-state index >= 15 is 0 Å². The molecule has 1 fully saturated rings. The Morgan fingerprint density at radius 1 is 1.60 bits per heavy atom. The predicted octanol–water partition coefficient (Wildman–Crippen LogP) is 2.64. The lowest BCUT2D eigenvalue weighted by molar-refractivity contribution is 0.0595. The average Bonchev–Trinajstić information content (AvgIpc) is 2.49. The number of hydrogen-bond donors (Lipinski definition) is 1. The lowest BCUT2D eigenvalue weighted by atomic mass is 10.0. The van der Waals surface area contributed by atoms with E-state index < -0.39 is 0 Å². The Kier molecular flexibility index (Phi) is 6.04. The summed E-state index contributed by atoms with van der Waals surface area (Å²) >= 11 is 3.38. The highest BCUT2D eigenvalue weighted by Crippen LogP contribution is 2.19. The van der Waals surface area contributed by atoms with Gasteiger partial charge in [-0.2, -0.15) is 5.10 Å². The minimum atomic E-state index is -0.0663. The van der Waals surface area contributed by atoms with Gasteiger partial charge in [0.05, 0.1) is 18.5 Å². The molecule has 0 aliphatic carbocycles. The Balaban J connectivity index is 1.97. The van der Waals surface area contributed by atoms with Crippen molar-refractivity contribution in [3.63, 3.8) is 0 Å². The van der Waals surface area contributed by atoms with Crippen LogP contribution in [-0.2, 0) is 11.3 Å². The van der Waals surface area contributed by atoms with Crippen LogP contribution in [0.15, 0.2) is 15.5 Å².